The second-order valence-corrected chi connectivity index (χ2v) is 6.56. The van der Waals surface area contributed by atoms with Gasteiger partial charge < -0.3 is 10.3 Å². The van der Waals surface area contributed by atoms with Gasteiger partial charge in [0.25, 0.3) is 5.89 Å². The van der Waals surface area contributed by atoms with E-state index in [0.29, 0.717) is 16.7 Å². The van der Waals surface area contributed by atoms with Gasteiger partial charge in [-0.05, 0) is 53.6 Å². The normalized spacial score (nSPS) is 16.9. The Bertz CT molecular complexity index is 611. The summed E-state index contributed by atoms with van der Waals surface area (Å²) in [5.74, 6) is 1.03. The summed E-state index contributed by atoms with van der Waals surface area (Å²) in [6.45, 7) is 0. The summed E-state index contributed by atoms with van der Waals surface area (Å²) in [6.07, 6.45) is 4.05. The fourth-order valence-corrected chi connectivity index (χ4v) is 3.12. The topological polar surface area (TPSA) is 64.9 Å². The number of nitrogens with two attached hydrogens (primary N) is 1. The van der Waals surface area contributed by atoms with E-state index in [9.17, 15) is 0 Å². The van der Waals surface area contributed by atoms with Crippen molar-refractivity contribution in [2.24, 2.45) is 5.73 Å². The molecule has 0 saturated heterocycles. The highest BCUT2D eigenvalue weighted by molar-refractivity contribution is 14.1. The van der Waals surface area contributed by atoms with Crippen LogP contribution in [0.3, 0.4) is 0 Å². The molecule has 4 nitrogen and oxygen atoms in total. The average Bonchev–Trinajstić information content (AvgIpc) is 3.02. The van der Waals surface area contributed by atoms with E-state index in [1.807, 2.05) is 18.2 Å². The van der Waals surface area contributed by atoms with Crippen LogP contribution in [0.25, 0.3) is 11.5 Å². The van der Waals surface area contributed by atoms with Gasteiger partial charge in [0.1, 0.15) is 0 Å². The van der Waals surface area contributed by atoms with E-state index in [0.717, 1.165) is 34.8 Å². The van der Waals surface area contributed by atoms with E-state index in [1.165, 1.54) is 0 Å². The summed E-state index contributed by atoms with van der Waals surface area (Å²) in [4.78, 5) is 4.45. The lowest BCUT2D eigenvalue weighted by Gasteiger charge is -2.17. The van der Waals surface area contributed by atoms with E-state index >= 15 is 0 Å². The molecule has 1 aromatic heterocycles. The van der Waals surface area contributed by atoms with Crippen LogP contribution in [0.2, 0.25) is 5.02 Å². The van der Waals surface area contributed by atoms with E-state index in [2.05, 4.69) is 32.7 Å². The largest absolute Gasteiger partial charge is 0.334 e. The maximum Gasteiger partial charge on any atom is 0.259 e. The molecule has 7 heteroatoms. The molecule has 1 aromatic carbocycles. The molecule has 3 rings (SSSR count). The Morgan fingerprint density at radius 1 is 1.30 bits per heavy atom. The van der Waals surface area contributed by atoms with Crippen LogP contribution in [-0.4, -0.2) is 10.1 Å². The standard InChI is InChI=1S/C13H13ClIN3O.ClH/c14-10-4-3-8(15)7-9(10)11-17-12(18-19-11)13(16)5-1-2-6-13;/h3-4,7H,1-2,5-6,16H2;1H. The molecular weight excluding hydrogens is 412 g/mol. The number of halogens is 3. The van der Waals surface area contributed by atoms with E-state index < -0.39 is 5.54 Å². The molecule has 0 unspecified atom stereocenters. The SMILES string of the molecule is Cl.NC1(c2noc(-c3cc(I)ccc3Cl)n2)CCCC1. The molecule has 1 fully saturated rings. The van der Waals surface area contributed by atoms with Crippen molar-refractivity contribution in [2.45, 2.75) is 31.2 Å². The maximum atomic E-state index is 6.32. The molecule has 1 saturated carbocycles. The van der Waals surface area contributed by atoms with Crippen molar-refractivity contribution in [3.63, 3.8) is 0 Å². The Hall–Kier alpha value is -0.370. The smallest absolute Gasteiger partial charge is 0.259 e. The fourth-order valence-electron chi connectivity index (χ4n) is 2.43. The predicted octanol–water partition coefficient (Wildman–Crippen LogP) is 4.14. The molecule has 2 N–H and O–H groups in total. The zero-order valence-electron chi connectivity index (χ0n) is 10.6. The van der Waals surface area contributed by atoms with Gasteiger partial charge in [0.05, 0.1) is 16.1 Å². The second kappa shape index (κ2) is 6.17. The van der Waals surface area contributed by atoms with Gasteiger partial charge in [0.15, 0.2) is 5.82 Å². The number of hydrogen-bond acceptors (Lipinski definition) is 4. The van der Waals surface area contributed by atoms with Crippen LogP contribution in [-0.2, 0) is 5.54 Å². The Kier molecular flexibility index (Phi) is 4.94. The Balaban J connectivity index is 0.00000147. The fraction of sp³-hybridized carbons (Fsp3) is 0.385. The number of hydrogen-bond donors (Lipinski definition) is 1. The molecule has 0 bridgehead atoms. The van der Waals surface area contributed by atoms with Crippen LogP contribution in [0.1, 0.15) is 31.5 Å². The predicted molar refractivity (Wildman–Crippen MR) is 89.0 cm³/mol. The lowest BCUT2D eigenvalue weighted by molar-refractivity contribution is 0.372. The number of nitrogens with zero attached hydrogens (tertiary/aromatic N) is 2. The lowest BCUT2D eigenvalue weighted by atomic mass is 9.99. The highest BCUT2D eigenvalue weighted by Crippen LogP contribution is 2.36. The third-order valence-corrected chi connectivity index (χ3v) is 4.53. The van der Waals surface area contributed by atoms with Crippen LogP contribution in [0.15, 0.2) is 22.7 Å². The molecule has 0 spiro atoms. The van der Waals surface area contributed by atoms with Crippen molar-refractivity contribution in [3.05, 3.63) is 32.6 Å². The molecule has 0 radical (unpaired) electrons. The molecule has 108 valence electrons. The van der Waals surface area contributed by atoms with Gasteiger partial charge in [0.2, 0.25) is 0 Å². The van der Waals surface area contributed by atoms with Crippen molar-refractivity contribution >= 4 is 46.6 Å². The highest BCUT2D eigenvalue weighted by Gasteiger charge is 2.36. The van der Waals surface area contributed by atoms with Crippen LogP contribution in [0, 0.1) is 3.57 Å². The van der Waals surface area contributed by atoms with Gasteiger partial charge >= 0.3 is 0 Å². The van der Waals surface area contributed by atoms with Crippen molar-refractivity contribution in [1.29, 1.82) is 0 Å². The monoisotopic (exact) mass is 425 g/mol. The third kappa shape index (κ3) is 2.95. The summed E-state index contributed by atoms with van der Waals surface area (Å²) < 4.78 is 6.40. The van der Waals surface area contributed by atoms with Crippen molar-refractivity contribution in [3.8, 4) is 11.5 Å². The first-order valence-corrected chi connectivity index (χ1v) is 7.63. The quantitative estimate of drug-likeness (QED) is 0.734. The molecule has 20 heavy (non-hydrogen) atoms. The summed E-state index contributed by atoms with van der Waals surface area (Å²) in [5.41, 5.74) is 6.64. The number of benzene rings is 1. The zero-order chi connectivity index (χ0) is 13.5. The zero-order valence-corrected chi connectivity index (χ0v) is 14.3. The van der Waals surface area contributed by atoms with E-state index in [4.69, 9.17) is 21.9 Å². The second-order valence-electron chi connectivity index (χ2n) is 4.91. The molecule has 2 aromatic rings. The first-order chi connectivity index (χ1) is 9.08. The minimum Gasteiger partial charge on any atom is -0.334 e. The molecule has 1 aliphatic carbocycles. The summed E-state index contributed by atoms with van der Waals surface area (Å²) in [7, 11) is 0. The van der Waals surface area contributed by atoms with Crippen LogP contribution < -0.4 is 5.73 Å². The van der Waals surface area contributed by atoms with Gasteiger partial charge in [0, 0.05) is 3.57 Å². The van der Waals surface area contributed by atoms with Crippen LogP contribution >= 0.6 is 46.6 Å². The molecule has 0 aliphatic heterocycles. The Morgan fingerprint density at radius 3 is 2.70 bits per heavy atom. The Labute approximate surface area is 142 Å². The molecular formula is C13H14Cl2IN3O. The number of aromatic nitrogens is 2. The van der Waals surface area contributed by atoms with Gasteiger partial charge in [-0.2, -0.15) is 4.98 Å². The highest BCUT2D eigenvalue weighted by atomic mass is 127. The summed E-state index contributed by atoms with van der Waals surface area (Å²) in [6, 6.07) is 5.69. The molecule has 1 aliphatic rings. The lowest BCUT2D eigenvalue weighted by Crippen LogP contribution is -2.34. The van der Waals surface area contributed by atoms with Crippen molar-refractivity contribution < 1.29 is 4.52 Å². The minimum atomic E-state index is -0.434. The van der Waals surface area contributed by atoms with Crippen molar-refractivity contribution in [1.82, 2.24) is 10.1 Å². The van der Waals surface area contributed by atoms with Gasteiger partial charge in [-0.3, -0.25) is 0 Å². The molecule has 0 atom stereocenters. The summed E-state index contributed by atoms with van der Waals surface area (Å²) >= 11 is 8.40. The first-order valence-electron chi connectivity index (χ1n) is 6.17. The molecule has 1 heterocycles. The Morgan fingerprint density at radius 2 is 2.00 bits per heavy atom. The average molecular weight is 426 g/mol. The first kappa shape index (κ1) is 16.0. The van der Waals surface area contributed by atoms with E-state index in [-0.39, 0.29) is 12.4 Å². The van der Waals surface area contributed by atoms with Crippen molar-refractivity contribution in [2.75, 3.05) is 0 Å². The van der Waals surface area contributed by atoms with Gasteiger partial charge in [-0.15, -0.1) is 12.4 Å². The molecule has 0 amide bonds. The minimum absolute atomic E-state index is 0. The third-order valence-electron chi connectivity index (χ3n) is 3.53. The summed E-state index contributed by atoms with van der Waals surface area (Å²) in [5, 5.41) is 4.65. The van der Waals surface area contributed by atoms with Crippen LogP contribution in [0.5, 0.6) is 0 Å². The maximum absolute atomic E-state index is 6.32. The van der Waals surface area contributed by atoms with Gasteiger partial charge in [-0.25, -0.2) is 0 Å². The number of rotatable bonds is 2. The van der Waals surface area contributed by atoms with Crippen LogP contribution in [0.4, 0.5) is 0 Å². The van der Waals surface area contributed by atoms with Gasteiger partial charge in [-0.1, -0.05) is 29.6 Å². The van der Waals surface area contributed by atoms with E-state index in [1.54, 1.807) is 0 Å².